The molecule has 7 heteroatoms. The van der Waals surface area contributed by atoms with E-state index in [9.17, 15) is 9.18 Å². The predicted molar refractivity (Wildman–Crippen MR) is 93.8 cm³/mol. The molecule has 3 rings (SSSR count). The summed E-state index contributed by atoms with van der Waals surface area (Å²) in [6.45, 7) is 0. The molecule has 0 spiro atoms. The van der Waals surface area contributed by atoms with E-state index < -0.39 is 5.82 Å². The summed E-state index contributed by atoms with van der Waals surface area (Å²) in [6, 6.07) is 13.2. The summed E-state index contributed by atoms with van der Waals surface area (Å²) in [5.41, 5.74) is 6.63. The summed E-state index contributed by atoms with van der Waals surface area (Å²) < 4.78 is 14.5. The Morgan fingerprint density at radius 1 is 1.22 bits per heavy atom. The Hall–Kier alpha value is -2.25. The lowest BCUT2D eigenvalue weighted by Gasteiger charge is -2.02. The van der Waals surface area contributed by atoms with Gasteiger partial charge in [-0.15, -0.1) is 0 Å². The van der Waals surface area contributed by atoms with Gasteiger partial charge in [0.05, 0.1) is 5.69 Å². The summed E-state index contributed by atoms with van der Waals surface area (Å²) >= 11 is 4.42. The maximum atomic E-state index is 13.7. The number of carbonyl (C=O) groups is 1. The monoisotopic (exact) mass is 391 g/mol. The molecule has 4 nitrogen and oxygen atoms in total. The lowest BCUT2D eigenvalue weighted by Crippen LogP contribution is -2.02. The average Bonchev–Trinajstić information content (AvgIpc) is 2.89. The van der Waals surface area contributed by atoms with Crippen LogP contribution in [0.15, 0.2) is 53.0 Å². The number of thiazole rings is 1. The van der Waals surface area contributed by atoms with Gasteiger partial charge in [-0.25, -0.2) is 9.37 Å². The minimum absolute atomic E-state index is 0.124. The molecule has 3 N–H and O–H groups in total. The molecule has 2 aromatic carbocycles. The molecule has 1 heterocycles. The van der Waals surface area contributed by atoms with Crippen molar-refractivity contribution >= 4 is 49.7 Å². The maximum Gasteiger partial charge on any atom is 0.206 e. The molecule has 0 saturated carbocycles. The van der Waals surface area contributed by atoms with E-state index in [0.717, 1.165) is 15.8 Å². The van der Waals surface area contributed by atoms with Crippen LogP contribution in [0.25, 0.3) is 0 Å². The Morgan fingerprint density at radius 3 is 2.74 bits per heavy atom. The van der Waals surface area contributed by atoms with Crippen molar-refractivity contribution in [1.29, 1.82) is 0 Å². The summed E-state index contributed by atoms with van der Waals surface area (Å²) in [6.07, 6.45) is 0. The normalized spacial score (nSPS) is 10.5. The number of nitrogens with zero attached hydrogens (tertiary/aromatic N) is 1. The predicted octanol–water partition coefficient (Wildman–Crippen LogP) is 4.60. The zero-order valence-electron chi connectivity index (χ0n) is 11.7. The zero-order valence-corrected chi connectivity index (χ0v) is 14.1. The first-order valence-corrected chi connectivity index (χ1v) is 8.23. The van der Waals surface area contributed by atoms with Gasteiger partial charge in [0, 0.05) is 10.0 Å². The molecule has 0 radical (unpaired) electrons. The second kappa shape index (κ2) is 6.47. The van der Waals surface area contributed by atoms with Crippen LogP contribution in [0.4, 0.5) is 21.0 Å². The van der Waals surface area contributed by atoms with E-state index in [0.29, 0.717) is 15.6 Å². The van der Waals surface area contributed by atoms with Gasteiger partial charge < -0.3 is 11.1 Å². The van der Waals surface area contributed by atoms with Crippen molar-refractivity contribution in [2.75, 3.05) is 11.1 Å². The number of anilines is 3. The van der Waals surface area contributed by atoms with Gasteiger partial charge >= 0.3 is 0 Å². The molecule has 3 aromatic rings. The minimum Gasteiger partial charge on any atom is -0.382 e. The topological polar surface area (TPSA) is 68.0 Å². The standard InChI is InChI=1S/C16H11BrFN3OS/c17-10-5-3-4-9(8-10)13(22)14-15(19)21-16(23-14)20-12-7-2-1-6-11(12)18/h1-8H,19H2,(H,20,21). The summed E-state index contributed by atoms with van der Waals surface area (Å²) in [7, 11) is 0. The molecule has 0 bridgehead atoms. The highest BCUT2D eigenvalue weighted by Crippen LogP contribution is 2.30. The molecule has 116 valence electrons. The molecule has 0 aliphatic heterocycles. The molecule has 0 saturated heterocycles. The van der Waals surface area contributed by atoms with Crippen molar-refractivity contribution in [2.45, 2.75) is 0 Å². The van der Waals surface area contributed by atoms with Crippen LogP contribution < -0.4 is 11.1 Å². The highest BCUT2D eigenvalue weighted by Gasteiger charge is 2.18. The van der Waals surface area contributed by atoms with E-state index in [2.05, 4.69) is 26.2 Å². The third kappa shape index (κ3) is 3.40. The molecule has 1 aromatic heterocycles. The van der Waals surface area contributed by atoms with Gasteiger partial charge in [-0.1, -0.05) is 51.5 Å². The van der Waals surface area contributed by atoms with Crippen LogP contribution in [-0.4, -0.2) is 10.8 Å². The van der Waals surface area contributed by atoms with E-state index in [1.807, 2.05) is 6.07 Å². The van der Waals surface area contributed by atoms with Crippen molar-refractivity contribution in [1.82, 2.24) is 4.98 Å². The minimum atomic E-state index is -0.402. The van der Waals surface area contributed by atoms with Crippen LogP contribution in [0.1, 0.15) is 15.2 Å². The summed E-state index contributed by atoms with van der Waals surface area (Å²) in [4.78, 5) is 16.9. The number of nitrogen functional groups attached to an aromatic ring is 1. The highest BCUT2D eigenvalue weighted by molar-refractivity contribution is 9.10. The van der Waals surface area contributed by atoms with Crippen molar-refractivity contribution in [3.8, 4) is 0 Å². The number of hydrogen-bond donors (Lipinski definition) is 2. The van der Waals surface area contributed by atoms with Crippen LogP contribution in [0.2, 0.25) is 0 Å². The molecule has 0 atom stereocenters. The zero-order chi connectivity index (χ0) is 16.4. The van der Waals surface area contributed by atoms with Crippen LogP contribution in [0.5, 0.6) is 0 Å². The first-order chi connectivity index (χ1) is 11.0. The van der Waals surface area contributed by atoms with Gasteiger partial charge in [0.25, 0.3) is 0 Å². The fraction of sp³-hybridized carbons (Fsp3) is 0. The quantitative estimate of drug-likeness (QED) is 0.637. The lowest BCUT2D eigenvalue weighted by molar-refractivity contribution is 0.104. The molecule has 0 aliphatic carbocycles. The van der Waals surface area contributed by atoms with Gasteiger partial charge in [0.1, 0.15) is 16.5 Å². The Morgan fingerprint density at radius 2 is 2.00 bits per heavy atom. The molecule has 0 unspecified atom stereocenters. The summed E-state index contributed by atoms with van der Waals surface area (Å²) in [5, 5.41) is 3.21. The Labute approximate surface area is 144 Å². The maximum absolute atomic E-state index is 13.7. The molecule has 0 amide bonds. The third-order valence-electron chi connectivity index (χ3n) is 3.06. The van der Waals surface area contributed by atoms with Gasteiger partial charge in [-0.3, -0.25) is 4.79 Å². The van der Waals surface area contributed by atoms with Crippen molar-refractivity contribution in [3.63, 3.8) is 0 Å². The fourth-order valence-corrected chi connectivity index (χ4v) is 3.25. The van der Waals surface area contributed by atoms with E-state index in [-0.39, 0.29) is 17.3 Å². The number of nitrogens with two attached hydrogens (primary N) is 1. The summed E-state index contributed by atoms with van der Waals surface area (Å²) in [5.74, 6) is -0.497. The number of nitrogens with one attached hydrogen (secondary N) is 1. The van der Waals surface area contributed by atoms with E-state index in [4.69, 9.17) is 5.73 Å². The number of benzene rings is 2. The first-order valence-electron chi connectivity index (χ1n) is 6.62. The van der Waals surface area contributed by atoms with E-state index >= 15 is 0 Å². The molecular weight excluding hydrogens is 381 g/mol. The Kier molecular flexibility index (Phi) is 4.40. The highest BCUT2D eigenvalue weighted by atomic mass is 79.9. The first kappa shape index (κ1) is 15.6. The SMILES string of the molecule is Nc1nc(Nc2ccccc2F)sc1C(=O)c1cccc(Br)c1. The average molecular weight is 392 g/mol. The third-order valence-corrected chi connectivity index (χ3v) is 4.54. The van der Waals surface area contributed by atoms with Crippen molar-refractivity contribution in [3.05, 3.63) is 69.3 Å². The number of halogens is 2. The van der Waals surface area contributed by atoms with Gasteiger partial charge in [-0.2, -0.15) is 0 Å². The second-order valence-corrected chi connectivity index (χ2v) is 6.59. The molecule has 0 aliphatic rings. The number of carbonyl (C=O) groups excluding carboxylic acids is 1. The number of aromatic nitrogens is 1. The number of rotatable bonds is 4. The number of para-hydroxylation sites is 1. The van der Waals surface area contributed by atoms with Crippen LogP contribution in [0.3, 0.4) is 0 Å². The molecule has 23 heavy (non-hydrogen) atoms. The van der Waals surface area contributed by atoms with E-state index in [1.54, 1.807) is 36.4 Å². The largest absolute Gasteiger partial charge is 0.382 e. The Balaban J connectivity index is 1.89. The number of ketones is 1. The van der Waals surface area contributed by atoms with Crippen molar-refractivity contribution in [2.24, 2.45) is 0 Å². The second-order valence-electron chi connectivity index (χ2n) is 4.68. The van der Waals surface area contributed by atoms with E-state index in [1.165, 1.54) is 6.07 Å². The van der Waals surface area contributed by atoms with Crippen LogP contribution >= 0.6 is 27.3 Å². The van der Waals surface area contributed by atoms with Crippen LogP contribution in [0, 0.1) is 5.82 Å². The number of hydrogen-bond acceptors (Lipinski definition) is 5. The Bertz CT molecular complexity index is 881. The van der Waals surface area contributed by atoms with Gasteiger partial charge in [-0.05, 0) is 24.3 Å². The smallest absolute Gasteiger partial charge is 0.206 e. The lowest BCUT2D eigenvalue weighted by atomic mass is 10.1. The molecule has 0 fully saturated rings. The molecular formula is C16H11BrFN3OS. The van der Waals surface area contributed by atoms with Crippen molar-refractivity contribution < 1.29 is 9.18 Å². The van der Waals surface area contributed by atoms with Gasteiger partial charge in [0.15, 0.2) is 5.13 Å². The van der Waals surface area contributed by atoms with Gasteiger partial charge in [0.2, 0.25) is 5.78 Å². The fourth-order valence-electron chi connectivity index (χ4n) is 1.99. The van der Waals surface area contributed by atoms with Crippen LogP contribution in [-0.2, 0) is 0 Å².